The quantitative estimate of drug-likeness (QED) is 0.415. The van der Waals surface area contributed by atoms with Crippen molar-refractivity contribution in [3.63, 3.8) is 0 Å². The van der Waals surface area contributed by atoms with Gasteiger partial charge in [0.1, 0.15) is 0 Å². The molecule has 0 spiro atoms. The Bertz CT molecular complexity index is 1390. The Morgan fingerprint density at radius 3 is 2.41 bits per heavy atom. The van der Waals surface area contributed by atoms with Crippen molar-refractivity contribution >= 4 is 40.3 Å². The summed E-state index contributed by atoms with van der Waals surface area (Å²) in [5, 5.41) is 4.24. The molecule has 4 rings (SSSR count). The molecule has 0 bridgehead atoms. The Hall–Kier alpha value is -3.03. The van der Waals surface area contributed by atoms with Crippen LogP contribution in [0, 0.1) is 0 Å². The molecular weight excluding hydrogens is 449 g/mol. The average molecular weight is 472 g/mol. The minimum atomic E-state index is -0.419. The van der Waals surface area contributed by atoms with Crippen molar-refractivity contribution in [1.29, 1.82) is 0 Å². The van der Waals surface area contributed by atoms with Crippen molar-refractivity contribution in [3.8, 4) is 0 Å². The SMILES string of the molecule is Cn1c(=O)c2c(nc(NCCCc3ccccc3)n2Cc2ccc(Cl)c(Cl)c2)n(C)c1=O. The number of benzene rings is 2. The smallest absolute Gasteiger partial charge is 0.332 e. The number of aryl methyl sites for hydroxylation is 2. The summed E-state index contributed by atoms with van der Waals surface area (Å²) in [6.45, 7) is 1.01. The van der Waals surface area contributed by atoms with Gasteiger partial charge in [-0.25, -0.2) is 4.79 Å². The van der Waals surface area contributed by atoms with Crippen LogP contribution in [-0.2, 0) is 27.1 Å². The minimum absolute atomic E-state index is 0.337. The second-order valence-corrected chi connectivity index (χ2v) is 8.48. The number of imidazole rings is 1. The van der Waals surface area contributed by atoms with E-state index in [9.17, 15) is 9.59 Å². The van der Waals surface area contributed by atoms with Crippen LogP contribution >= 0.6 is 23.2 Å². The first kappa shape index (κ1) is 22.2. The van der Waals surface area contributed by atoms with Crippen LogP contribution in [0.4, 0.5) is 5.95 Å². The zero-order chi connectivity index (χ0) is 22.8. The zero-order valence-corrected chi connectivity index (χ0v) is 19.3. The third-order valence-corrected chi connectivity index (χ3v) is 6.18. The summed E-state index contributed by atoms with van der Waals surface area (Å²) < 4.78 is 4.27. The minimum Gasteiger partial charge on any atom is -0.356 e. The number of aromatic nitrogens is 4. The summed E-state index contributed by atoms with van der Waals surface area (Å²) in [6, 6.07) is 15.6. The summed E-state index contributed by atoms with van der Waals surface area (Å²) in [5.74, 6) is 0.525. The first-order chi connectivity index (χ1) is 15.4. The van der Waals surface area contributed by atoms with Gasteiger partial charge in [-0.05, 0) is 36.1 Å². The van der Waals surface area contributed by atoms with Gasteiger partial charge < -0.3 is 5.32 Å². The van der Waals surface area contributed by atoms with E-state index >= 15 is 0 Å². The fraction of sp³-hybridized carbons (Fsp3) is 0.261. The van der Waals surface area contributed by atoms with Gasteiger partial charge in [0, 0.05) is 20.6 Å². The fourth-order valence-electron chi connectivity index (χ4n) is 3.69. The number of anilines is 1. The molecule has 0 fully saturated rings. The summed E-state index contributed by atoms with van der Waals surface area (Å²) in [6.07, 6.45) is 1.80. The molecule has 1 N–H and O–H groups in total. The van der Waals surface area contributed by atoms with E-state index in [0.717, 1.165) is 23.0 Å². The van der Waals surface area contributed by atoms with Gasteiger partial charge in [-0.15, -0.1) is 0 Å². The number of fused-ring (bicyclic) bond motifs is 1. The molecule has 0 aliphatic carbocycles. The lowest BCUT2D eigenvalue weighted by Crippen LogP contribution is -2.37. The fourth-order valence-corrected chi connectivity index (χ4v) is 4.01. The summed E-state index contributed by atoms with van der Waals surface area (Å²) in [7, 11) is 3.08. The van der Waals surface area contributed by atoms with E-state index in [4.69, 9.17) is 23.2 Å². The normalized spacial score (nSPS) is 11.2. The summed E-state index contributed by atoms with van der Waals surface area (Å²) in [5.41, 5.74) is 2.00. The molecule has 32 heavy (non-hydrogen) atoms. The molecule has 4 aromatic rings. The van der Waals surface area contributed by atoms with E-state index in [2.05, 4.69) is 22.4 Å². The topological polar surface area (TPSA) is 73.8 Å². The first-order valence-electron chi connectivity index (χ1n) is 10.2. The van der Waals surface area contributed by atoms with Crippen LogP contribution in [0.5, 0.6) is 0 Å². The summed E-state index contributed by atoms with van der Waals surface area (Å²) >= 11 is 12.2. The molecular formula is C23H23Cl2N5O2. The lowest BCUT2D eigenvalue weighted by atomic mass is 10.1. The van der Waals surface area contributed by atoms with Crippen LogP contribution in [0.15, 0.2) is 58.1 Å². The largest absolute Gasteiger partial charge is 0.356 e. The van der Waals surface area contributed by atoms with Gasteiger partial charge in [0.2, 0.25) is 5.95 Å². The maximum Gasteiger partial charge on any atom is 0.332 e. The number of halogens is 2. The van der Waals surface area contributed by atoms with Gasteiger partial charge in [-0.3, -0.25) is 18.5 Å². The molecule has 7 nitrogen and oxygen atoms in total. The second kappa shape index (κ2) is 9.22. The molecule has 0 atom stereocenters. The van der Waals surface area contributed by atoms with Gasteiger partial charge in [0.05, 0.1) is 16.6 Å². The summed E-state index contributed by atoms with van der Waals surface area (Å²) in [4.78, 5) is 30.0. The number of nitrogens with zero attached hydrogens (tertiary/aromatic N) is 4. The third kappa shape index (κ3) is 4.31. The highest BCUT2D eigenvalue weighted by atomic mass is 35.5. The van der Waals surface area contributed by atoms with Gasteiger partial charge in [-0.1, -0.05) is 59.6 Å². The standard InChI is InChI=1S/C23H23Cl2N5O2/c1-28-20-19(21(31)29(2)23(28)32)30(14-16-10-11-17(24)18(25)13-16)22(27-20)26-12-6-9-15-7-4-3-5-8-15/h3-5,7-8,10-11,13H,6,9,12,14H2,1-2H3,(H,26,27). The number of nitrogens with one attached hydrogen (secondary N) is 1. The molecule has 0 unspecified atom stereocenters. The Balaban J connectivity index is 1.70. The van der Waals surface area contributed by atoms with Crippen molar-refractivity contribution in [2.45, 2.75) is 19.4 Å². The Kier molecular flexibility index (Phi) is 6.39. The molecule has 2 heterocycles. The monoisotopic (exact) mass is 471 g/mol. The van der Waals surface area contributed by atoms with E-state index in [-0.39, 0.29) is 0 Å². The predicted octanol–water partition coefficient (Wildman–Crippen LogP) is 3.83. The van der Waals surface area contributed by atoms with Gasteiger partial charge in [0.15, 0.2) is 11.2 Å². The first-order valence-corrected chi connectivity index (χ1v) is 11.0. The lowest BCUT2D eigenvalue weighted by Gasteiger charge is -2.12. The molecule has 2 aromatic carbocycles. The number of hydrogen-bond acceptors (Lipinski definition) is 4. The van der Waals surface area contributed by atoms with Gasteiger partial charge >= 0.3 is 5.69 Å². The Morgan fingerprint density at radius 1 is 0.938 bits per heavy atom. The van der Waals surface area contributed by atoms with Crippen LogP contribution in [0.25, 0.3) is 11.2 Å². The van der Waals surface area contributed by atoms with Crippen LogP contribution in [0.1, 0.15) is 17.5 Å². The van der Waals surface area contributed by atoms with Crippen molar-refractivity contribution < 1.29 is 0 Å². The highest BCUT2D eigenvalue weighted by Crippen LogP contribution is 2.25. The average Bonchev–Trinajstić information content (AvgIpc) is 3.15. The molecule has 0 amide bonds. The Morgan fingerprint density at radius 2 is 1.69 bits per heavy atom. The molecule has 0 saturated carbocycles. The predicted molar refractivity (Wildman–Crippen MR) is 129 cm³/mol. The van der Waals surface area contributed by atoms with E-state index in [0.29, 0.717) is 40.2 Å². The molecule has 166 valence electrons. The Labute approximate surface area is 194 Å². The maximum atomic E-state index is 13.0. The van der Waals surface area contributed by atoms with Gasteiger partial charge in [-0.2, -0.15) is 4.98 Å². The number of hydrogen-bond donors (Lipinski definition) is 1. The van der Waals surface area contributed by atoms with E-state index < -0.39 is 11.2 Å². The lowest BCUT2D eigenvalue weighted by molar-refractivity contribution is 0.702. The van der Waals surface area contributed by atoms with Crippen molar-refractivity contribution in [1.82, 2.24) is 18.7 Å². The van der Waals surface area contributed by atoms with Crippen molar-refractivity contribution in [2.24, 2.45) is 14.1 Å². The van der Waals surface area contributed by atoms with E-state index in [1.54, 1.807) is 23.7 Å². The molecule has 0 radical (unpaired) electrons. The molecule has 0 aliphatic heterocycles. The van der Waals surface area contributed by atoms with Crippen LogP contribution in [-0.4, -0.2) is 25.2 Å². The number of rotatable bonds is 7. The maximum absolute atomic E-state index is 13.0. The zero-order valence-electron chi connectivity index (χ0n) is 17.8. The highest BCUT2D eigenvalue weighted by molar-refractivity contribution is 6.42. The van der Waals surface area contributed by atoms with E-state index in [1.807, 2.05) is 24.3 Å². The van der Waals surface area contributed by atoms with E-state index in [1.165, 1.54) is 17.2 Å². The van der Waals surface area contributed by atoms with Crippen LogP contribution in [0.3, 0.4) is 0 Å². The molecule has 9 heteroatoms. The van der Waals surface area contributed by atoms with Crippen LogP contribution in [0.2, 0.25) is 10.0 Å². The third-order valence-electron chi connectivity index (χ3n) is 5.44. The van der Waals surface area contributed by atoms with Crippen molar-refractivity contribution in [3.05, 3.63) is 90.5 Å². The molecule has 0 saturated heterocycles. The second-order valence-electron chi connectivity index (χ2n) is 7.66. The van der Waals surface area contributed by atoms with Crippen LogP contribution < -0.4 is 16.6 Å². The van der Waals surface area contributed by atoms with Gasteiger partial charge in [0.25, 0.3) is 5.56 Å². The van der Waals surface area contributed by atoms with Crippen molar-refractivity contribution in [2.75, 3.05) is 11.9 Å². The highest BCUT2D eigenvalue weighted by Gasteiger charge is 2.19. The molecule has 2 aromatic heterocycles. The molecule has 0 aliphatic rings.